The van der Waals surface area contributed by atoms with Crippen molar-refractivity contribution in [3.05, 3.63) is 23.7 Å². The first kappa shape index (κ1) is 11.9. The Morgan fingerprint density at radius 2 is 2.33 bits per heavy atom. The molecule has 4 heteroatoms. The molecule has 1 aliphatic heterocycles. The summed E-state index contributed by atoms with van der Waals surface area (Å²) < 4.78 is 7.04. The Morgan fingerprint density at radius 3 is 3.17 bits per heavy atom. The molecule has 1 fully saturated rings. The molecule has 18 heavy (non-hydrogen) atoms. The van der Waals surface area contributed by atoms with Crippen molar-refractivity contribution in [2.75, 3.05) is 11.9 Å². The van der Waals surface area contributed by atoms with Crippen LogP contribution >= 0.6 is 11.3 Å². The topological polar surface area (TPSA) is 34.2 Å². The van der Waals surface area contributed by atoms with Crippen LogP contribution in [0.15, 0.2) is 23.7 Å². The monoisotopic (exact) mass is 262 g/mol. The summed E-state index contributed by atoms with van der Waals surface area (Å²) in [6.45, 7) is 5.13. The number of hydrogen-bond donors (Lipinski definition) is 1. The van der Waals surface area contributed by atoms with Crippen LogP contribution in [0.5, 0.6) is 0 Å². The van der Waals surface area contributed by atoms with E-state index in [0.29, 0.717) is 6.04 Å². The van der Waals surface area contributed by atoms with E-state index in [1.165, 1.54) is 10.1 Å². The highest BCUT2D eigenvalue weighted by atomic mass is 32.1. The van der Waals surface area contributed by atoms with Gasteiger partial charge in [-0.2, -0.15) is 0 Å². The molecule has 2 aromatic heterocycles. The van der Waals surface area contributed by atoms with Crippen LogP contribution in [0.4, 0.5) is 5.82 Å². The second kappa shape index (κ2) is 4.52. The van der Waals surface area contributed by atoms with Gasteiger partial charge in [-0.05, 0) is 44.2 Å². The van der Waals surface area contributed by atoms with Crippen LogP contribution in [0.2, 0.25) is 0 Å². The first-order valence-corrected chi connectivity index (χ1v) is 7.25. The van der Waals surface area contributed by atoms with E-state index in [4.69, 9.17) is 4.74 Å². The van der Waals surface area contributed by atoms with Gasteiger partial charge in [0.1, 0.15) is 5.82 Å². The number of anilines is 1. The van der Waals surface area contributed by atoms with Crippen LogP contribution in [-0.4, -0.2) is 23.2 Å². The number of pyridine rings is 1. The van der Waals surface area contributed by atoms with Crippen LogP contribution < -0.4 is 5.32 Å². The zero-order valence-corrected chi connectivity index (χ0v) is 11.6. The summed E-state index contributed by atoms with van der Waals surface area (Å²) in [4.78, 5) is 4.48. The minimum atomic E-state index is -0.0293. The maximum Gasteiger partial charge on any atom is 0.134 e. The second-order valence-electron chi connectivity index (χ2n) is 5.43. The summed E-state index contributed by atoms with van der Waals surface area (Å²) >= 11 is 1.76. The van der Waals surface area contributed by atoms with E-state index in [-0.39, 0.29) is 5.60 Å². The van der Waals surface area contributed by atoms with Crippen LogP contribution in [-0.2, 0) is 4.74 Å². The molecule has 1 aliphatic rings. The maximum absolute atomic E-state index is 5.75. The predicted molar refractivity (Wildman–Crippen MR) is 76.3 cm³/mol. The van der Waals surface area contributed by atoms with E-state index in [1.807, 2.05) is 6.20 Å². The summed E-state index contributed by atoms with van der Waals surface area (Å²) in [5.41, 5.74) is -0.0293. The van der Waals surface area contributed by atoms with Crippen molar-refractivity contribution in [3.63, 3.8) is 0 Å². The third-order valence-corrected chi connectivity index (χ3v) is 4.30. The van der Waals surface area contributed by atoms with Gasteiger partial charge in [-0.1, -0.05) is 0 Å². The highest BCUT2D eigenvalue weighted by Crippen LogP contribution is 2.30. The first-order chi connectivity index (χ1) is 8.64. The smallest absolute Gasteiger partial charge is 0.134 e. The molecule has 1 unspecified atom stereocenters. The van der Waals surface area contributed by atoms with Crippen molar-refractivity contribution in [3.8, 4) is 0 Å². The largest absolute Gasteiger partial charge is 0.375 e. The molecule has 1 N–H and O–H groups in total. The molecule has 0 aromatic carbocycles. The average molecular weight is 262 g/mol. The lowest BCUT2D eigenvalue weighted by Crippen LogP contribution is -2.40. The van der Waals surface area contributed by atoms with Crippen LogP contribution in [0.3, 0.4) is 0 Å². The van der Waals surface area contributed by atoms with E-state index >= 15 is 0 Å². The molecule has 3 rings (SSSR count). The van der Waals surface area contributed by atoms with Crippen LogP contribution in [0.1, 0.15) is 26.7 Å². The summed E-state index contributed by atoms with van der Waals surface area (Å²) in [6.07, 6.45) is 3.95. The van der Waals surface area contributed by atoms with Gasteiger partial charge in [0.05, 0.1) is 5.60 Å². The standard InChI is InChI=1S/C14H18N2OS/c1-14(2)9-10(4-7-17-14)16-13-11-5-8-18-12(11)3-6-15-13/h3,5-6,8,10H,4,7,9H2,1-2H3,(H,15,16). The Balaban J connectivity index is 1.82. The molecule has 0 saturated carbocycles. The van der Waals surface area contributed by atoms with Crippen molar-refractivity contribution in [1.29, 1.82) is 0 Å². The predicted octanol–water partition coefficient (Wildman–Crippen LogP) is 3.67. The molecule has 96 valence electrons. The molecular formula is C14H18N2OS. The zero-order valence-electron chi connectivity index (χ0n) is 10.8. The van der Waals surface area contributed by atoms with Gasteiger partial charge >= 0.3 is 0 Å². The van der Waals surface area contributed by atoms with Crippen LogP contribution in [0.25, 0.3) is 10.1 Å². The van der Waals surface area contributed by atoms with Crippen molar-refractivity contribution < 1.29 is 4.74 Å². The number of fused-ring (bicyclic) bond motifs is 1. The van der Waals surface area contributed by atoms with Gasteiger partial charge in [-0.15, -0.1) is 11.3 Å². The fourth-order valence-electron chi connectivity index (χ4n) is 2.56. The van der Waals surface area contributed by atoms with Gasteiger partial charge in [0, 0.05) is 28.9 Å². The number of ether oxygens (including phenoxy) is 1. The minimum absolute atomic E-state index is 0.0293. The lowest BCUT2D eigenvalue weighted by atomic mass is 9.94. The minimum Gasteiger partial charge on any atom is -0.375 e. The zero-order chi connectivity index (χ0) is 12.6. The molecule has 0 radical (unpaired) electrons. The SMILES string of the molecule is CC1(C)CC(Nc2nccc3sccc23)CCO1. The van der Waals surface area contributed by atoms with Gasteiger partial charge in [-0.3, -0.25) is 0 Å². The second-order valence-corrected chi connectivity index (χ2v) is 6.38. The summed E-state index contributed by atoms with van der Waals surface area (Å²) in [5.74, 6) is 1.01. The van der Waals surface area contributed by atoms with E-state index in [0.717, 1.165) is 25.3 Å². The Kier molecular flexibility index (Phi) is 2.99. The number of nitrogens with one attached hydrogen (secondary N) is 1. The fraction of sp³-hybridized carbons (Fsp3) is 0.500. The summed E-state index contributed by atoms with van der Waals surface area (Å²) in [6, 6.07) is 4.66. The third kappa shape index (κ3) is 2.35. The van der Waals surface area contributed by atoms with Crippen molar-refractivity contribution in [2.45, 2.75) is 38.3 Å². The van der Waals surface area contributed by atoms with Gasteiger partial charge in [0.2, 0.25) is 0 Å². The quantitative estimate of drug-likeness (QED) is 0.896. The van der Waals surface area contributed by atoms with Crippen molar-refractivity contribution >= 4 is 27.2 Å². The Morgan fingerprint density at radius 1 is 1.44 bits per heavy atom. The van der Waals surface area contributed by atoms with Gasteiger partial charge in [0.25, 0.3) is 0 Å². The van der Waals surface area contributed by atoms with Crippen molar-refractivity contribution in [2.24, 2.45) is 0 Å². The molecule has 0 amide bonds. The fourth-order valence-corrected chi connectivity index (χ4v) is 3.34. The molecule has 1 atom stereocenters. The number of nitrogens with zero attached hydrogens (tertiary/aromatic N) is 1. The molecule has 0 spiro atoms. The normalized spacial score (nSPS) is 23.1. The molecule has 0 aliphatic carbocycles. The number of rotatable bonds is 2. The van der Waals surface area contributed by atoms with Gasteiger partial charge < -0.3 is 10.1 Å². The van der Waals surface area contributed by atoms with Gasteiger partial charge in [0.15, 0.2) is 0 Å². The van der Waals surface area contributed by atoms with E-state index in [2.05, 4.69) is 41.7 Å². The maximum atomic E-state index is 5.75. The first-order valence-electron chi connectivity index (χ1n) is 6.37. The lowest BCUT2D eigenvalue weighted by Gasteiger charge is -2.36. The average Bonchev–Trinajstić information content (AvgIpc) is 2.77. The van der Waals surface area contributed by atoms with E-state index < -0.39 is 0 Å². The van der Waals surface area contributed by atoms with Crippen LogP contribution in [0, 0.1) is 0 Å². The third-order valence-electron chi connectivity index (χ3n) is 3.42. The molecule has 3 heterocycles. The summed E-state index contributed by atoms with van der Waals surface area (Å²) in [7, 11) is 0. The highest BCUT2D eigenvalue weighted by molar-refractivity contribution is 7.17. The molecular weight excluding hydrogens is 244 g/mol. The van der Waals surface area contributed by atoms with E-state index in [9.17, 15) is 0 Å². The Bertz CT molecular complexity index is 549. The number of hydrogen-bond acceptors (Lipinski definition) is 4. The van der Waals surface area contributed by atoms with Gasteiger partial charge in [-0.25, -0.2) is 4.98 Å². The molecule has 3 nitrogen and oxygen atoms in total. The van der Waals surface area contributed by atoms with E-state index in [1.54, 1.807) is 11.3 Å². The Hall–Kier alpha value is -1.13. The number of thiophene rings is 1. The van der Waals surface area contributed by atoms with Crippen molar-refractivity contribution in [1.82, 2.24) is 4.98 Å². The lowest BCUT2D eigenvalue weighted by molar-refractivity contribution is -0.0553. The molecule has 1 saturated heterocycles. The number of aromatic nitrogens is 1. The highest BCUT2D eigenvalue weighted by Gasteiger charge is 2.29. The molecule has 0 bridgehead atoms. The Labute approximate surface area is 111 Å². The summed E-state index contributed by atoms with van der Waals surface area (Å²) in [5, 5.41) is 6.93. The molecule has 2 aromatic rings.